The van der Waals surface area contributed by atoms with Gasteiger partial charge in [0.2, 0.25) is 0 Å². The number of hydrogen-bond donors (Lipinski definition) is 1. The fourth-order valence-corrected chi connectivity index (χ4v) is 2.56. The Morgan fingerprint density at radius 2 is 2.16 bits per heavy atom. The van der Waals surface area contributed by atoms with Crippen LogP contribution in [0.4, 0.5) is 11.4 Å². The van der Waals surface area contributed by atoms with Crippen molar-refractivity contribution in [3.05, 3.63) is 28.3 Å². The lowest BCUT2D eigenvalue weighted by molar-refractivity contribution is -0.384. The van der Waals surface area contributed by atoms with Crippen LogP contribution in [0.2, 0.25) is 0 Å². The molecule has 0 radical (unpaired) electrons. The number of hydrogen-bond acceptors (Lipinski definition) is 5. The quantitative estimate of drug-likeness (QED) is 0.655. The molecule has 1 aromatic rings. The van der Waals surface area contributed by atoms with Crippen LogP contribution in [-0.4, -0.2) is 31.3 Å². The Hall–Kier alpha value is -1.82. The molecular formula is C13H18N2O4. The summed E-state index contributed by atoms with van der Waals surface area (Å²) in [4.78, 5) is 10.8. The maximum absolute atomic E-state index is 11.2. The van der Waals surface area contributed by atoms with E-state index < -0.39 is 4.92 Å². The number of para-hydroxylation sites is 1. The molecular weight excluding hydrogens is 248 g/mol. The highest BCUT2D eigenvalue weighted by Gasteiger charge is 2.30. The number of rotatable bonds is 5. The van der Waals surface area contributed by atoms with Gasteiger partial charge in [0, 0.05) is 7.11 Å². The highest BCUT2D eigenvalue weighted by molar-refractivity contribution is 5.68. The maximum atomic E-state index is 11.2. The molecule has 1 fully saturated rings. The monoisotopic (exact) mass is 266 g/mol. The van der Waals surface area contributed by atoms with Gasteiger partial charge < -0.3 is 14.8 Å². The van der Waals surface area contributed by atoms with Crippen molar-refractivity contribution < 1.29 is 14.4 Å². The van der Waals surface area contributed by atoms with E-state index in [1.807, 2.05) is 0 Å². The van der Waals surface area contributed by atoms with Crippen LogP contribution in [0.1, 0.15) is 19.3 Å². The summed E-state index contributed by atoms with van der Waals surface area (Å²) >= 11 is 0. The lowest BCUT2D eigenvalue weighted by Gasteiger charge is -2.21. The van der Waals surface area contributed by atoms with Gasteiger partial charge in [-0.2, -0.15) is 0 Å². The highest BCUT2D eigenvalue weighted by atomic mass is 16.6. The highest BCUT2D eigenvalue weighted by Crippen LogP contribution is 2.36. The molecule has 0 aliphatic heterocycles. The minimum atomic E-state index is -0.419. The molecule has 1 N–H and O–H groups in total. The number of nitro groups is 1. The number of ether oxygens (including phenoxy) is 2. The van der Waals surface area contributed by atoms with Gasteiger partial charge in [0.15, 0.2) is 5.75 Å². The van der Waals surface area contributed by atoms with Crippen molar-refractivity contribution in [3.63, 3.8) is 0 Å². The molecule has 1 aliphatic carbocycles. The summed E-state index contributed by atoms with van der Waals surface area (Å²) in [5.41, 5.74) is 0.463. The molecule has 2 unspecified atom stereocenters. The fraction of sp³-hybridized carbons (Fsp3) is 0.538. The molecule has 2 atom stereocenters. The number of nitro benzene ring substituents is 1. The first-order valence-electron chi connectivity index (χ1n) is 6.28. The summed E-state index contributed by atoms with van der Waals surface area (Å²) in [6.07, 6.45) is 3.10. The standard InChI is InChI=1S/C13H18N2O4/c1-18-11-7-3-5-9(11)14-10-6-4-8-12(19-2)13(10)15(16)17/h4,6,8-9,11,14H,3,5,7H2,1-2H3. The first-order chi connectivity index (χ1) is 9.17. The number of methoxy groups -OCH3 is 2. The predicted octanol–water partition coefficient (Wildman–Crippen LogP) is 2.58. The average Bonchev–Trinajstić information content (AvgIpc) is 2.85. The first-order valence-corrected chi connectivity index (χ1v) is 6.28. The zero-order valence-electron chi connectivity index (χ0n) is 11.1. The van der Waals surface area contributed by atoms with Gasteiger partial charge in [0.05, 0.1) is 24.2 Å². The molecule has 2 rings (SSSR count). The van der Waals surface area contributed by atoms with E-state index >= 15 is 0 Å². The van der Waals surface area contributed by atoms with E-state index in [4.69, 9.17) is 9.47 Å². The van der Waals surface area contributed by atoms with E-state index in [0.717, 1.165) is 19.3 Å². The lowest BCUT2D eigenvalue weighted by atomic mass is 10.1. The Kier molecular flexibility index (Phi) is 4.21. The minimum Gasteiger partial charge on any atom is -0.490 e. The second-order valence-electron chi connectivity index (χ2n) is 4.57. The fourth-order valence-electron chi connectivity index (χ4n) is 2.56. The van der Waals surface area contributed by atoms with E-state index in [9.17, 15) is 10.1 Å². The average molecular weight is 266 g/mol. The van der Waals surface area contributed by atoms with Crippen molar-refractivity contribution in [2.24, 2.45) is 0 Å². The van der Waals surface area contributed by atoms with Crippen LogP contribution in [-0.2, 0) is 4.74 Å². The van der Waals surface area contributed by atoms with Crippen LogP contribution >= 0.6 is 0 Å². The van der Waals surface area contributed by atoms with Crippen LogP contribution in [0.25, 0.3) is 0 Å². The first kappa shape index (κ1) is 13.6. The van der Waals surface area contributed by atoms with Gasteiger partial charge >= 0.3 is 5.69 Å². The Balaban J connectivity index is 2.27. The summed E-state index contributed by atoms with van der Waals surface area (Å²) in [6, 6.07) is 5.14. The van der Waals surface area contributed by atoms with Crippen LogP contribution in [0, 0.1) is 10.1 Å². The Morgan fingerprint density at radius 3 is 2.79 bits per heavy atom. The molecule has 0 bridgehead atoms. The largest absolute Gasteiger partial charge is 0.490 e. The van der Waals surface area contributed by atoms with E-state index in [-0.39, 0.29) is 23.6 Å². The van der Waals surface area contributed by atoms with Crippen molar-refractivity contribution in [2.45, 2.75) is 31.4 Å². The molecule has 0 saturated heterocycles. The molecule has 0 amide bonds. The van der Waals surface area contributed by atoms with Crippen LogP contribution in [0.5, 0.6) is 5.75 Å². The molecule has 104 valence electrons. The molecule has 6 heteroatoms. The van der Waals surface area contributed by atoms with Gasteiger partial charge in [-0.05, 0) is 31.4 Å². The van der Waals surface area contributed by atoms with Crippen LogP contribution < -0.4 is 10.1 Å². The minimum absolute atomic E-state index is 0.0215. The van der Waals surface area contributed by atoms with E-state index in [1.165, 1.54) is 7.11 Å². The van der Waals surface area contributed by atoms with Gasteiger partial charge in [-0.3, -0.25) is 10.1 Å². The summed E-state index contributed by atoms with van der Waals surface area (Å²) < 4.78 is 10.4. The summed E-state index contributed by atoms with van der Waals surface area (Å²) in [7, 11) is 3.10. The number of anilines is 1. The maximum Gasteiger partial charge on any atom is 0.333 e. The van der Waals surface area contributed by atoms with Gasteiger partial charge in [0.25, 0.3) is 0 Å². The summed E-state index contributed by atoms with van der Waals surface area (Å²) in [6.45, 7) is 0. The number of benzene rings is 1. The molecule has 6 nitrogen and oxygen atoms in total. The zero-order chi connectivity index (χ0) is 13.8. The van der Waals surface area contributed by atoms with Crippen molar-refractivity contribution in [3.8, 4) is 5.75 Å². The third-order valence-corrected chi connectivity index (χ3v) is 3.50. The van der Waals surface area contributed by atoms with Crippen molar-refractivity contribution in [1.82, 2.24) is 0 Å². The van der Waals surface area contributed by atoms with Crippen LogP contribution in [0.15, 0.2) is 18.2 Å². The SMILES string of the molecule is COc1cccc(NC2CCCC2OC)c1[N+](=O)[O-]. The molecule has 0 spiro atoms. The van der Waals surface area contributed by atoms with Gasteiger partial charge in [0.1, 0.15) is 5.69 Å². The van der Waals surface area contributed by atoms with E-state index in [0.29, 0.717) is 5.69 Å². The topological polar surface area (TPSA) is 73.6 Å². The van der Waals surface area contributed by atoms with Crippen molar-refractivity contribution >= 4 is 11.4 Å². The predicted molar refractivity (Wildman–Crippen MR) is 71.7 cm³/mol. The summed E-state index contributed by atoms with van der Waals surface area (Å²) in [5, 5.41) is 14.4. The lowest BCUT2D eigenvalue weighted by Crippen LogP contribution is -2.30. The Bertz CT molecular complexity index is 464. The number of nitrogens with zero attached hydrogens (tertiary/aromatic N) is 1. The molecule has 0 aromatic heterocycles. The van der Waals surface area contributed by atoms with Crippen LogP contribution in [0.3, 0.4) is 0 Å². The Labute approximate surface area is 111 Å². The van der Waals surface area contributed by atoms with Gasteiger partial charge in [-0.1, -0.05) is 6.07 Å². The van der Waals surface area contributed by atoms with Crippen molar-refractivity contribution in [1.29, 1.82) is 0 Å². The van der Waals surface area contributed by atoms with Gasteiger partial charge in [-0.25, -0.2) is 0 Å². The second kappa shape index (κ2) is 5.88. The second-order valence-corrected chi connectivity index (χ2v) is 4.57. The van der Waals surface area contributed by atoms with E-state index in [2.05, 4.69) is 5.32 Å². The smallest absolute Gasteiger partial charge is 0.333 e. The third-order valence-electron chi connectivity index (χ3n) is 3.50. The summed E-state index contributed by atoms with van der Waals surface area (Å²) in [5.74, 6) is 0.266. The molecule has 0 heterocycles. The molecule has 1 saturated carbocycles. The number of nitrogens with one attached hydrogen (secondary N) is 1. The molecule has 1 aromatic carbocycles. The zero-order valence-corrected chi connectivity index (χ0v) is 11.1. The molecule has 1 aliphatic rings. The van der Waals surface area contributed by atoms with Crippen molar-refractivity contribution in [2.75, 3.05) is 19.5 Å². The van der Waals surface area contributed by atoms with E-state index in [1.54, 1.807) is 25.3 Å². The molecule has 19 heavy (non-hydrogen) atoms. The third kappa shape index (κ3) is 2.78. The van der Waals surface area contributed by atoms with Gasteiger partial charge in [-0.15, -0.1) is 0 Å². The normalized spacial score (nSPS) is 22.2. The Morgan fingerprint density at radius 1 is 1.37 bits per heavy atom.